The number of furan rings is 1. The molecule has 0 aromatic carbocycles. The molecule has 0 atom stereocenters. The average Bonchev–Trinajstić information content (AvgIpc) is 2.54. The molecule has 1 rings (SSSR count). The number of methoxy groups -OCH3 is 1. The number of hydrogen-bond acceptors (Lipinski definition) is 3. The smallest absolute Gasteiger partial charge is 0.313 e. The van der Waals surface area contributed by atoms with Crippen LogP contribution in [0.4, 0.5) is 0 Å². The molecule has 70 valence electrons. The van der Waals surface area contributed by atoms with Gasteiger partial charge in [-0.1, -0.05) is 6.08 Å². The quantitative estimate of drug-likeness (QED) is 0.523. The fourth-order valence-electron chi connectivity index (χ4n) is 1.06. The van der Waals surface area contributed by atoms with Crippen LogP contribution in [0.2, 0.25) is 0 Å². The highest BCUT2D eigenvalue weighted by atomic mass is 16.5. The maximum atomic E-state index is 10.9. The summed E-state index contributed by atoms with van der Waals surface area (Å²) in [4.78, 5) is 10.9. The first kappa shape index (κ1) is 9.58. The molecule has 3 heteroatoms. The van der Waals surface area contributed by atoms with Crippen molar-refractivity contribution in [1.82, 2.24) is 0 Å². The second-order valence-electron chi connectivity index (χ2n) is 2.61. The van der Waals surface area contributed by atoms with Gasteiger partial charge in [0.05, 0.1) is 13.4 Å². The molecule has 0 amide bonds. The van der Waals surface area contributed by atoms with Gasteiger partial charge in [0.25, 0.3) is 0 Å². The molecule has 13 heavy (non-hydrogen) atoms. The van der Waals surface area contributed by atoms with Crippen molar-refractivity contribution in [2.24, 2.45) is 0 Å². The summed E-state index contributed by atoms with van der Waals surface area (Å²) in [5.74, 6) is 0.368. The second-order valence-corrected chi connectivity index (χ2v) is 2.61. The third-order valence-corrected chi connectivity index (χ3v) is 1.73. The Balaban J connectivity index is 2.69. The highest BCUT2D eigenvalue weighted by Gasteiger charge is 2.09. The Morgan fingerprint density at radius 2 is 2.54 bits per heavy atom. The minimum atomic E-state index is -0.291. The zero-order valence-electron chi connectivity index (χ0n) is 7.58. The normalized spacial score (nSPS) is 9.62. The predicted molar refractivity (Wildman–Crippen MR) is 48.3 cm³/mol. The molecule has 1 aromatic heterocycles. The van der Waals surface area contributed by atoms with Gasteiger partial charge in [0.15, 0.2) is 0 Å². The molecule has 0 radical (unpaired) electrons. The molecule has 0 aliphatic heterocycles. The van der Waals surface area contributed by atoms with Crippen LogP contribution in [0, 0.1) is 0 Å². The number of allylic oxidation sites excluding steroid dienone is 1. The summed E-state index contributed by atoms with van der Waals surface area (Å²) < 4.78 is 9.67. The molecule has 0 spiro atoms. The fraction of sp³-hybridized carbons (Fsp3) is 0.300. The van der Waals surface area contributed by atoms with Crippen molar-refractivity contribution in [2.75, 3.05) is 7.11 Å². The van der Waals surface area contributed by atoms with Crippen LogP contribution in [0.3, 0.4) is 0 Å². The third kappa shape index (κ3) is 2.47. The van der Waals surface area contributed by atoms with Crippen LogP contribution in [0.5, 0.6) is 0 Å². The Hall–Kier alpha value is -1.51. The van der Waals surface area contributed by atoms with Gasteiger partial charge in [-0.3, -0.25) is 4.79 Å². The summed E-state index contributed by atoms with van der Waals surface area (Å²) in [6.45, 7) is 3.62. The lowest BCUT2D eigenvalue weighted by atomic mass is 10.1. The van der Waals surface area contributed by atoms with Crippen molar-refractivity contribution in [3.63, 3.8) is 0 Å². The zero-order valence-corrected chi connectivity index (χ0v) is 7.58. The number of ether oxygens (including phenoxy) is 1. The average molecular weight is 180 g/mol. The summed E-state index contributed by atoms with van der Waals surface area (Å²) in [5, 5.41) is 0. The Morgan fingerprint density at radius 3 is 3.15 bits per heavy atom. The number of rotatable bonds is 4. The Bertz CT molecular complexity index is 299. The van der Waals surface area contributed by atoms with Crippen molar-refractivity contribution in [3.05, 3.63) is 36.3 Å². The van der Waals surface area contributed by atoms with Gasteiger partial charge in [0.2, 0.25) is 0 Å². The second kappa shape index (κ2) is 4.50. The van der Waals surface area contributed by atoms with E-state index in [4.69, 9.17) is 4.42 Å². The third-order valence-electron chi connectivity index (χ3n) is 1.73. The summed E-state index contributed by atoms with van der Waals surface area (Å²) in [7, 11) is 1.36. The maximum Gasteiger partial charge on any atom is 0.313 e. The first-order chi connectivity index (χ1) is 6.27. The van der Waals surface area contributed by atoms with E-state index in [1.807, 2.05) is 6.07 Å². The molecule has 0 fully saturated rings. The van der Waals surface area contributed by atoms with E-state index < -0.39 is 0 Å². The largest absolute Gasteiger partial charge is 0.469 e. The van der Waals surface area contributed by atoms with E-state index in [0.717, 1.165) is 5.56 Å². The molecular weight excluding hydrogens is 168 g/mol. The minimum absolute atomic E-state index is 0.187. The van der Waals surface area contributed by atoms with Crippen LogP contribution in [-0.4, -0.2) is 13.1 Å². The predicted octanol–water partition coefficient (Wildman–Crippen LogP) is 1.72. The first-order valence-electron chi connectivity index (χ1n) is 4.01. The zero-order chi connectivity index (χ0) is 9.68. The molecular formula is C10H12O3. The van der Waals surface area contributed by atoms with Crippen molar-refractivity contribution in [2.45, 2.75) is 12.8 Å². The summed E-state index contributed by atoms with van der Waals surface area (Å²) in [6, 6.07) is 1.83. The lowest BCUT2D eigenvalue weighted by Crippen LogP contribution is -2.05. The molecule has 1 heterocycles. The number of esters is 1. The molecule has 0 N–H and O–H groups in total. The number of hydrogen-bond donors (Lipinski definition) is 0. The van der Waals surface area contributed by atoms with E-state index in [1.165, 1.54) is 7.11 Å². The van der Waals surface area contributed by atoms with Gasteiger partial charge < -0.3 is 9.15 Å². The van der Waals surface area contributed by atoms with Crippen molar-refractivity contribution < 1.29 is 13.9 Å². The van der Waals surface area contributed by atoms with Gasteiger partial charge >= 0.3 is 5.97 Å². The maximum absolute atomic E-state index is 10.9. The summed E-state index contributed by atoms with van der Waals surface area (Å²) in [5.41, 5.74) is 0.986. The molecule has 0 bridgehead atoms. The van der Waals surface area contributed by atoms with Crippen LogP contribution in [0.15, 0.2) is 29.4 Å². The van der Waals surface area contributed by atoms with E-state index in [9.17, 15) is 4.79 Å². The van der Waals surface area contributed by atoms with Crippen LogP contribution < -0.4 is 0 Å². The van der Waals surface area contributed by atoms with Gasteiger partial charge in [-0.2, -0.15) is 0 Å². The minimum Gasteiger partial charge on any atom is -0.469 e. The van der Waals surface area contributed by atoms with Crippen molar-refractivity contribution >= 4 is 5.97 Å². The SMILES string of the molecule is C=CCc1ccoc1CC(=O)OC. The molecule has 0 saturated carbocycles. The lowest BCUT2D eigenvalue weighted by molar-refractivity contribution is -0.140. The lowest BCUT2D eigenvalue weighted by Gasteiger charge is -1.98. The monoisotopic (exact) mass is 180 g/mol. The first-order valence-corrected chi connectivity index (χ1v) is 4.01. The van der Waals surface area contributed by atoms with Gasteiger partial charge in [0, 0.05) is 0 Å². The van der Waals surface area contributed by atoms with E-state index in [1.54, 1.807) is 12.3 Å². The Morgan fingerprint density at radius 1 is 1.77 bits per heavy atom. The van der Waals surface area contributed by atoms with E-state index in [-0.39, 0.29) is 12.4 Å². The summed E-state index contributed by atoms with van der Waals surface area (Å²) in [6.07, 6.45) is 4.23. The van der Waals surface area contributed by atoms with Gasteiger partial charge in [-0.05, 0) is 18.1 Å². The Kier molecular flexibility index (Phi) is 3.31. The van der Waals surface area contributed by atoms with Crippen molar-refractivity contribution in [1.29, 1.82) is 0 Å². The number of carbonyl (C=O) groups excluding carboxylic acids is 1. The van der Waals surface area contributed by atoms with Gasteiger partial charge in [-0.15, -0.1) is 6.58 Å². The van der Waals surface area contributed by atoms with E-state index in [0.29, 0.717) is 12.2 Å². The van der Waals surface area contributed by atoms with Crippen molar-refractivity contribution in [3.8, 4) is 0 Å². The number of carbonyl (C=O) groups is 1. The van der Waals surface area contributed by atoms with Crippen LogP contribution in [0.1, 0.15) is 11.3 Å². The van der Waals surface area contributed by atoms with E-state index >= 15 is 0 Å². The molecule has 3 nitrogen and oxygen atoms in total. The van der Waals surface area contributed by atoms with Crippen LogP contribution >= 0.6 is 0 Å². The highest BCUT2D eigenvalue weighted by molar-refractivity contribution is 5.72. The van der Waals surface area contributed by atoms with Crippen LogP contribution in [-0.2, 0) is 22.4 Å². The molecule has 0 aliphatic carbocycles. The van der Waals surface area contributed by atoms with Crippen LogP contribution in [0.25, 0.3) is 0 Å². The molecule has 0 unspecified atom stereocenters. The van der Waals surface area contributed by atoms with Gasteiger partial charge in [-0.25, -0.2) is 0 Å². The Labute approximate surface area is 77.0 Å². The highest BCUT2D eigenvalue weighted by Crippen LogP contribution is 2.12. The molecule has 1 aromatic rings. The molecule has 0 aliphatic rings. The summed E-state index contributed by atoms with van der Waals surface area (Å²) >= 11 is 0. The fourth-order valence-corrected chi connectivity index (χ4v) is 1.06. The van der Waals surface area contributed by atoms with E-state index in [2.05, 4.69) is 11.3 Å². The topological polar surface area (TPSA) is 39.4 Å². The standard InChI is InChI=1S/C10H12O3/c1-3-4-8-5-6-13-9(8)7-10(11)12-2/h3,5-6H,1,4,7H2,2H3. The molecule has 0 saturated heterocycles. The van der Waals surface area contributed by atoms with Gasteiger partial charge in [0.1, 0.15) is 12.2 Å².